The molecule has 0 fully saturated rings. The summed E-state index contributed by atoms with van der Waals surface area (Å²) in [5.41, 5.74) is 3.71. The number of H-pyrrole nitrogens is 1. The lowest BCUT2D eigenvalue weighted by Gasteiger charge is -2.14. The van der Waals surface area contributed by atoms with E-state index in [2.05, 4.69) is 48.5 Å². The number of hydrogen-bond acceptors (Lipinski definition) is 1. The van der Waals surface area contributed by atoms with Gasteiger partial charge in [0, 0.05) is 6.54 Å². The van der Waals surface area contributed by atoms with Crippen molar-refractivity contribution in [1.29, 1.82) is 0 Å². The molecule has 0 aliphatic heterocycles. The number of imidazole rings is 1. The quantitative estimate of drug-likeness (QED) is 0.793. The van der Waals surface area contributed by atoms with Crippen LogP contribution in [0.4, 0.5) is 0 Å². The summed E-state index contributed by atoms with van der Waals surface area (Å²) in [6.07, 6.45) is 2.41. The van der Waals surface area contributed by atoms with Gasteiger partial charge in [0.25, 0.3) is 0 Å². The van der Waals surface area contributed by atoms with Crippen molar-refractivity contribution in [2.45, 2.75) is 40.2 Å². The minimum atomic E-state index is 0.709. The van der Waals surface area contributed by atoms with Crippen LogP contribution in [0.25, 0.3) is 11.0 Å². The fourth-order valence-corrected chi connectivity index (χ4v) is 2.66. The summed E-state index contributed by atoms with van der Waals surface area (Å²) in [6.45, 7) is 7.67. The molecule has 1 aromatic carbocycles. The fourth-order valence-electron chi connectivity index (χ4n) is 2.38. The average Bonchev–Trinajstić information content (AvgIpc) is 2.63. The van der Waals surface area contributed by atoms with Crippen molar-refractivity contribution < 1.29 is 0 Å². The van der Waals surface area contributed by atoms with Crippen molar-refractivity contribution in [1.82, 2.24) is 9.55 Å². The summed E-state index contributed by atoms with van der Waals surface area (Å²) in [5, 5.41) is 0. The highest BCUT2D eigenvalue weighted by molar-refractivity contribution is 7.71. The highest BCUT2D eigenvalue weighted by Crippen LogP contribution is 2.21. The molecule has 0 unspecified atom stereocenters. The summed E-state index contributed by atoms with van der Waals surface area (Å²) in [4.78, 5) is 3.30. The molecule has 1 aromatic heterocycles. The van der Waals surface area contributed by atoms with E-state index < -0.39 is 0 Å². The highest BCUT2D eigenvalue weighted by atomic mass is 32.1. The van der Waals surface area contributed by atoms with E-state index in [0.29, 0.717) is 5.92 Å². The Labute approximate surface area is 108 Å². The Balaban J connectivity index is 2.53. The Hall–Kier alpha value is -1.09. The lowest BCUT2D eigenvalue weighted by molar-refractivity contribution is 0.422. The van der Waals surface area contributed by atoms with Gasteiger partial charge in [0.15, 0.2) is 4.77 Å². The van der Waals surface area contributed by atoms with Gasteiger partial charge in [-0.2, -0.15) is 0 Å². The molecule has 17 heavy (non-hydrogen) atoms. The van der Waals surface area contributed by atoms with Crippen molar-refractivity contribution in [2.24, 2.45) is 5.92 Å². The van der Waals surface area contributed by atoms with Gasteiger partial charge in [-0.05, 0) is 36.7 Å². The van der Waals surface area contributed by atoms with Crippen LogP contribution in [0, 0.1) is 17.6 Å². The van der Waals surface area contributed by atoms with Crippen LogP contribution in [0.1, 0.15) is 32.3 Å². The third-order valence-electron chi connectivity index (χ3n) is 3.59. The van der Waals surface area contributed by atoms with Gasteiger partial charge in [-0.1, -0.05) is 38.8 Å². The van der Waals surface area contributed by atoms with E-state index in [1.54, 1.807) is 0 Å². The molecule has 2 rings (SSSR count). The number of rotatable bonds is 4. The SMILES string of the molecule is CCC(CC)Cn1c(=S)[nH]c2cccc(C)c21. The number of benzene rings is 1. The van der Waals surface area contributed by atoms with Gasteiger partial charge >= 0.3 is 0 Å². The van der Waals surface area contributed by atoms with Gasteiger partial charge in [-0.3, -0.25) is 0 Å². The zero-order chi connectivity index (χ0) is 12.4. The molecule has 1 heterocycles. The van der Waals surface area contributed by atoms with Crippen molar-refractivity contribution in [3.05, 3.63) is 28.5 Å². The van der Waals surface area contributed by atoms with Crippen LogP contribution in [0.5, 0.6) is 0 Å². The van der Waals surface area contributed by atoms with Crippen LogP contribution in [-0.4, -0.2) is 9.55 Å². The van der Waals surface area contributed by atoms with E-state index in [9.17, 15) is 0 Å². The predicted molar refractivity (Wildman–Crippen MR) is 75.9 cm³/mol. The molecule has 0 aliphatic rings. The van der Waals surface area contributed by atoms with E-state index in [4.69, 9.17) is 12.2 Å². The monoisotopic (exact) mass is 248 g/mol. The molecule has 0 amide bonds. The van der Waals surface area contributed by atoms with E-state index >= 15 is 0 Å². The molecule has 0 spiro atoms. The van der Waals surface area contributed by atoms with Gasteiger partial charge in [-0.25, -0.2) is 0 Å². The maximum absolute atomic E-state index is 5.43. The maximum atomic E-state index is 5.43. The Morgan fingerprint density at radius 1 is 1.29 bits per heavy atom. The van der Waals surface area contributed by atoms with Crippen molar-refractivity contribution in [3.8, 4) is 0 Å². The van der Waals surface area contributed by atoms with E-state index in [0.717, 1.165) is 16.8 Å². The van der Waals surface area contributed by atoms with Gasteiger partial charge in [0.2, 0.25) is 0 Å². The summed E-state index contributed by atoms with van der Waals surface area (Å²) in [5.74, 6) is 0.709. The van der Waals surface area contributed by atoms with Crippen LogP contribution in [-0.2, 0) is 6.54 Å². The second kappa shape index (κ2) is 5.05. The number of nitrogens with zero attached hydrogens (tertiary/aromatic N) is 1. The molecular formula is C14H20N2S. The minimum absolute atomic E-state index is 0.709. The Morgan fingerprint density at radius 2 is 2.00 bits per heavy atom. The zero-order valence-corrected chi connectivity index (χ0v) is 11.6. The largest absolute Gasteiger partial charge is 0.331 e. The molecule has 0 aliphatic carbocycles. The minimum Gasteiger partial charge on any atom is -0.331 e. The number of fused-ring (bicyclic) bond motifs is 1. The second-order valence-corrected chi connectivity index (χ2v) is 5.08. The summed E-state index contributed by atoms with van der Waals surface area (Å²) in [6, 6.07) is 6.32. The number of hydrogen-bond donors (Lipinski definition) is 1. The third kappa shape index (κ3) is 2.29. The number of aryl methyl sites for hydroxylation is 1. The second-order valence-electron chi connectivity index (χ2n) is 4.69. The summed E-state index contributed by atoms with van der Waals surface area (Å²) in [7, 11) is 0. The van der Waals surface area contributed by atoms with E-state index in [1.165, 1.54) is 23.9 Å². The Kier molecular flexibility index (Phi) is 3.67. The Bertz CT molecular complexity index is 561. The first kappa shape index (κ1) is 12.4. The van der Waals surface area contributed by atoms with Crippen LogP contribution < -0.4 is 0 Å². The standard InChI is InChI=1S/C14H20N2S/c1-4-11(5-2)9-16-13-10(3)7-6-8-12(13)15-14(16)17/h6-8,11H,4-5,9H2,1-3H3,(H,15,17). The van der Waals surface area contributed by atoms with Crippen LogP contribution >= 0.6 is 12.2 Å². The lowest BCUT2D eigenvalue weighted by atomic mass is 10.0. The van der Waals surface area contributed by atoms with Gasteiger partial charge < -0.3 is 9.55 Å². The lowest BCUT2D eigenvalue weighted by Crippen LogP contribution is -2.09. The predicted octanol–water partition coefficient (Wildman–Crippen LogP) is 4.44. The van der Waals surface area contributed by atoms with E-state index in [-0.39, 0.29) is 0 Å². The van der Waals surface area contributed by atoms with Gasteiger partial charge in [-0.15, -0.1) is 0 Å². The smallest absolute Gasteiger partial charge is 0.178 e. The molecule has 0 atom stereocenters. The summed E-state index contributed by atoms with van der Waals surface area (Å²) < 4.78 is 3.11. The molecule has 0 bridgehead atoms. The topological polar surface area (TPSA) is 20.7 Å². The normalized spacial score (nSPS) is 11.5. The fraction of sp³-hybridized carbons (Fsp3) is 0.500. The first-order chi connectivity index (χ1) is 8.17. The number of para-hydroxylation sites is 1. The molecule has 0 saturated heterocycles. The van der Waals surface area contributed by atoms with Crippen LogP contribution in [0.3, 0.4) is 0 Å². The van der Waals surface area contributed by atoms with Crippen molar-refractivity contribution in [3.63, 3.8) is 0 Å². The molecule has 0 saturated carbocycles. The average molecular weight is 248 g/mol. The molecular weight excluding hydrogens is 228 g/mol. The van der Waals surface area contributed by atoms with Gasteiger partial charge in [0.1, 0.15) is 0 Å². The van der Waals surface area contributed by atoms with Crippen molar-refractivity contribution in [2.75, 3.05) is 0 Å². The molecule has 0 radical (unpaired) electrons. The summed E-state index contributed by atoms with van der Waals surface area (Å²) >= 11 is 5.43. The molecule has 92 valence electrons. The van der Waals surface area contributed by atoms with E-state index in [1.807, 2.05) is 0 Å². The molecule has 1 N–H and O–H groups in total. The molecule has 2 nitrogen and oxygen atoms in total. The maximum Gasteiger partial charge on any atom is 0.178 e. The highest BCUT2D eigenvalue weighted by Gasteiger charge is 2.10. The van der Waals surface area contributed by atoms with Crippen LogP contribution in [0.2, 0.25) is 0 Å². The molecule has 2 aromatic rings. The third-order valence-corrected chi connectivity index (χ3v) is 3.91. The van der Waals surface area contributed by atoms with Crippen molar-refractivity contribution >= 4 is 23.3 Å². The van der Waals surface area contributed by atoms with Gasteiger partial charge in [0.05, 0.1) is 11.0 Å². The Morgan fingerprint density at radius 3 is 2.65 bits per heavy atom. The van der Waals surface area contributed by atoms with Crippen LogP contribution in [0.15, 0.2) is 18.2 Å². The number of aromatic nitrogens is 2. The molecule has 3 heteroatoms. The first-order valence-corrected chi connectivity index (χ1v) is 6.76. The zero-order valence-electron chi connectivity index (χ0n) is 10.8. The number of aromatic amines is 1. The number of nitrogens with one attached hydrogen (secondary N) is 1. The first-order valence-electron chi connectivity index (χ1n) is 6.35.